The average Bonchev–Trinajstić information content (AvgIpc) is 3.13. The minimum Gasteiger partial charge on any atom is -0.464 e. The molecule has 0 N–H and O–H groups in total. The van der Waals surface area contributed by atoms with Crippen LogP contribution in [0.5, 0.6) is 0 Å². The summed E-state index contributed by atoms with van der Waals surface area (Å²) in [7, 11) is 3.36. The number of nitrogens with zero attached hydrogens (tertiary/aromatic N) is 2. The van der Waals surface area contributed by atoms with Crippen molar-refractivity contribution >= 4 is 35.4 Å². The highest BCUT2D eigenvalue weighted by atomic mass is 35.5. The molecule has 0 aliphatic heterocycles. The molecule has 56 heavy (non-hydrogen) atoms. The van der Waals surface area contributed by atoms with Gasteiger partial charge in [0.2, 0.25) is 11.8 Å². The van der Waals surface area contributed by atoms with Crippen LogP contribution >= 0.6 is 11.6 Å². The summed E-state index contributed by atoms with van der Waals surface area (Å²) >= 11 is 5.95. The predicted molar refractivity (Wildman–Crippen MR) is 225 cm³/mol. The third-order valence-corrected chi connectivity index (χ3v) is 10.3. The lowest BCUT2D eigenvalue weighted by Crippen LogP contribution is -2.45. The number of carbonyl (C=O) groups excluding carboxylic acids is 4. The fourth-order valence-corrected chi connectivity index (χ4v) is 7.03. The predicted octanol–water partition coefficient (Wildman–Crippen LogP) is 8.54. The molecule has 8 nitrogen and oxygen atoms in total. The number of hydrogen-bond acceptors (Lipinski definition) is 6. The topological polar surface area (TPSA) is 93.2 Å². The highest BCUT2D eigenvalue weighted by Gasteiger charge is 2.30. The van der Waals surface area contributed by atoms with E-state index in [4.69, 9.17) is 21.1 Å². The molecule has 0 fully saturated rings. The third-order valence-electron chi connectivity index (χ3n) is 10.1. The van der Waals surface area contributed by atoms with Crippen LogP contribution in [-0.2, 0) is 54.3 Å². The maximum Gasteiger partial charge on any atom is 0.329 e. The summed E-state index contributed by atoms with van der Waals surface area (Å²) in [5.41, 5.74) is 11.9. The van der Waals surface area contributed by atoms with E-state index in [9.17, 15) is 19.2 Å². The highest BCUT2D eigenvalue weighted by Crippen LogP contribution is 2.21. The Labute approximate surface area is 339 Å². The maximum absolute atomic E-state index is 13.0. The van der Waals surface area contributed by atoms with E-state index in [1.165, 1.54) is 20.9 Å². The number of likely N-dealkylation sites (N-methyl/N-ethyl adjacent to an activating group) is 2. The van der Waals surface area contributed by atoms with Gasteiger partial charge in [0.25, 0.3) is 0 Å². The van der Waals surface area contributed by atoms with Crippen molar-refractivity contribution in [2.45, 2.75) is 100 Å². The van der Waals surface area contributed by atoms with Crippen LogP contribution in [-0.4, -0.2) is 72.9 Å². The normalized spacial score (nSPS) is 11.8. The Bertz CT molecular complexity index is 1780. The maximum atomic E-state index is 13.0. The van der Waals surface area contributed by atoms with Gasteiger partial charge in [-0.15, -0.1) is 0 Å². The number of hydrogen-bond donors (Lipinski definition) is 0. The first-order valence-electron chi connectivity index (χ1n) is 19.2. The number of benzene rings is 4. The Morgan fingerprint density at radius 2 is 0.857 bits per heavy atom. The number of carbonyl (C=O) groups is 4. The Balaban J connectivity index is 0.000000300. The smallest absolute Gasteiger partial charge is 0.329 e. The highest BCUT2D eigenvalue weighted by molar-refractivity contribution is 6.30. The molecule has 0 heterocycles. The lowest BCUT2D eigenvalue weighted by molar-refractivity contribution is -0.153. The van der Waals surface area contributed by atoms with Crippen molar-refractivity contribution in [2.75, 3.05) is 27.3 Å². The number of ether oxygens (including phenoxy) is 2. The van der Waals surface area contributed by atoms with Gasteiger partial charge in [-0.3, -0.25) is 9.59 Å². The second kappa shape index (κ2) is 21.4. The van der Waals surface area contributed by atoms with Gasteiger partial charge in [-0.25, -0.2) is 9.59 Å². The lowest BCUT2D eigenvalue weighted by atomic mass is 9.96. The molecule has 4 aromatic rings. The number of halogens is 1. The Morgan fingerprint density at radius 1 is 0.536 bits per heavy atom. The summed E-state index contributed by atoms with van der Waals surface area (Å²) < 4.78 is 10.5. The molecule has 0 radical (unpaired) electrons. The van der Waals surface area contributed by atoms with Gasteiger partial charge in [0.15, 0.2) is 0 Å². The largest absolute Gasteiger partial charge is 0.464 e. The first-order valence-corrected chi connectivity index (χ1v) is 19.6. The zero-order valence-electron chi connectivity index (χ0n) is 35.0. The molecule has 4 aromatic carbocycles. The standard InChI is InChI=1S/C24H31NO3.C23H28ClNO3/c1-7-28-24(27)22(14-20-10-8-16(2)9-11-20)25(6)23(26)15-21-18(4)12-17(3)13-19(21)5;1-6-28-23(27)21(13-18-7-9-19(24)10-8-18)25(5)22(26)14-20-16(3)11-15(2)12-17(20)4/h8-13,22H,7,14-15H2,1-6H3;7-12,21H,6,13-14H2,1-5H3. The first kappa shape index (κ1) is 45.4. The fraction of sp³-hybridized carbons (Fsp3) is 0.404. The van der Waals surface area contributed by atoms with E-state index in [0.29, 0.717) is 24.5 Å². The molecule has 9 heteroatoms. The van der Waals surface area contributed by atoms with Crippen LogP contribution in [0.1, 0.15) is 75.0 Å². The third kappa shape index (κ3) is 13.1. The van der Waals surface area contributed by atoms with Gasteiger partial charge in [0.1, 0.15) is 12.1 Å². The van der Waals surface area contributed by atoms with Crippen molar-refractivity contribution in [1.29, 1.82) is 0 Å². The molecular formula is C47H59ClN2O6. The van der Waals surface area contributed by atoms with E-state index in [-0.39, 0.29) is 37.2 Å². The minimum absolute atomic E-state index is 0.0831. The molecule has 2 amide bonds. The number of aryl methyl sites for hydroxylation is 7. The molecule has 0 spiro atoms. The molecule has 4 rings (SSSR count). The van der Waals surface area contributed by atoms with Crippen LogP contribution in [0, 0.1) is 48.5 Å². The Kier molecular flexibility index (Phi) is 17.3. The van der Waals surface area contributed by atoms with Crippen molar-refractivity contribution in [3.8, 4) is 0 Å². The summed E-state index contributed by atoms with van der Waals surface area (Å²) in [6, 6.07) is 22.3. The van der Waals surface area contributed by atoms with Gasteiger partial charge in [-0.1, -0.05) is 89.0 Å². The van der Waals surface area contributed by atoms with Gasteiger partial charge in [-0.05, 0) is 119 Å². The molecule has 0 aromatic heterocycles. The summed E-state index contributed by atoms with van der Waals surface area (Å²) in [5.74, 6) is -0.954. The van der Waals surface area contributed by atoms with Gasteiger partial charge in [0.05, 0.1) is 26.1 Å². The zero-order chi connectivity index (χ0) is 41.7. The lowest BCUT2D eigenvalue weighted by Gasteiger charge is -2.27. The van der Waals surface area contributed by atoms with Crippen LogP contribution in [0.2, 0.25) is 5.02 Å². The van der Waals surface area contributed by atoms with Crippen molar-refractivity contribution < 1.29 is 28.7 Å². The average molecular weight is 783 g/mol. The SMILES string of the molecule is CCOC(=O)C(Cc1ccc(C)cc1)N(C)C(=O)Cc1c(C)cc(C)cc1C.CCOC(=O)C(Cc1ccc(Cl)cc1)N(C)C(=O)Cc1c(C)cc(C)cc1C. The Morgan fingerprint density at radius 3 is 1.18 bits per heavy atom. The Hall–Kier alpha value is -4.95. The number of rotatable bonds is 14. The van der Waals surface area contributed by atoms with Crippen LogP contribution < -0.4 is 0 Å². The van der Waals surface area contributed by atoms with E-state index in [1.54, 1.807) is 40.1 Å². The van der Waals surface area contributed by atoms with E-state index in [2.05, 4.69) is 31.2 Å². The molecule has 2 unspecified atom stereocenters. The number of esters is 2. The van der Waals surface area contributed by atoms with Gasteiger partial charge in [0, 0.05) is 32.0 Å². The van der Waals surface area contributed by atoms with Gasteiger partial charge in [-0.2, -0.15) is 0 Å². The molecule has 300 valence electrons. The van der Waals surface area contributed by atoms with Crippen molar-refractivity contribution in [1.82, 2.24) is 9.80 Å². The van der Waals surface area contributed by atoms with Crippen molar-refractivity contribution in [2.24, 2.45) is 0 Å². The summed E-state index contributed by atoms with van der Waals surface area (Å²) in [4.78, 5) is 54.2. The van der Waals surface area contributed by atoms with Crippen LogP contribution in [0.25, 0.3) is 0 Å². The quantitative estimate of drug-likeness (QED) is 0.119. The van der Waals surface area contributed by atoms with E-state index < -0.39 is 18.1 Å². The van der Waals surface area contributed by atoms with Crippen molar-refractivity contribution in [3.05, 3.63) is 139 Å². The molecule has 0 saturated heterocycles. The second-order valence-corrected chi connectivity index (χ2v) is 15.1. The molecule has 0 aliphatic carbocycles. The summed E-state index contributed by atoms with van der Waals surface area (Å²) in [5, 5.41) is 0.631. The molecule has 2 atom stereocenters. The summed E-state index contributed by atoms with van der Waals surface area (Å²) in [6.07, 6.45) is 1.35. The summed E-state index contributed by atoms with van der Waals surface area (Å²) in [6.45, 7) is 18.3. The first-order chi connectivity index (χ1) is 26.4. The fourth-order valence-electron chi connectivity index (χ4n) is 6.90. The minimum atomic E-state index is -0.681. The molecule has 0 aliphatic rings. The van der Waals surface area contributed by atoms with Crippen molar-refractivity contribution in [3.63, 3.8) is 0 Å². The second-order valence-electron chi connectivity index (χ2n) is 14.7. The van der Waals surface area contributed by atoms with Crippen LogP contribution in [0.4, 0.5) is 0 Å². The molecular weight excluding hydrogens is 724 g/mol. The number of amides is 2. The monoisotopic (exact) mass is 782 g/mol. The molecule has 0 saturated carbocycles. The van der Waals surface area contributed by atoms with Crippen LogP contribution in [0.15, 0.2) is 72.8 Å². The van der Waals surface area contributed by atoms with Gasteiger partial charge >= 0.3 is 11.9 Å². The molecule has 0 bridgehead atoms. The van der Waals surface area contributed by atoms with Gasteiger partial charge < -0.3 is 19.3 Å². The van der Waals surface area contributed by atoms with E-state index in [1.807, 2.05) is 77.9 Å². The zero-order valence-corrected chi connectivity index (χ0v) is 35.8. The van der Waals surface area contributed by atoms with Crippen LogP contribution in [0.3, 0.4) is 0 Å². The van der Waals surface area contributed by atoms with E-state index >= 15 is 0 Å². The van der Waals surface area contributed by atoms with E-state index in [0.717, 1.165) is 50.1 Å².